The minimum Gasteiger partial charge on any atom is -0.465 e. The first-order valence-electron chi connectivity index (χ1n) is 10.3. The van der Waals surface area contributed by atoms with Crippen LogP contribution in [0.25, 0.3) is 0 Å². The van der Waals surface area contributed by atoms with Crippen molar-refractivity contribution in [1.82, 2.24) is 0 Å². The fourth-order valence-corrected chi connectivity index (χ4v) is 6.21. The van der Waals surface area contributed by atoms with E-state index in [2.05, 4.69) is 70.7 Å². The molecule has 0 saturated carbocycles. The van der Waals surface area contributed by atoms with Crippen LogP contribution in [-0.2, 0) is 16.0 Å². The molecule has 0 fully saturated rings. The Balaban J connectivity index is 2.47. The number of carbonyl (C=O) groups is 1. The SMILES string of the molecule is CC[Si](/C=C/CCOC(=O)C(C)c1ccc(CC(C)C)cc1)(CC)CC. The summed E-state index contributed by atoms with van der Waals surface area (Å²) in [6.07, 6.45) is 4.13. The van der Waals surface area contributed by atoms with Crippen LogP contribution in [0.5, 0.6) is 0 Å². The van der Waals surface area contributed by atoms with Crippen LogP contribution in [0.4, 0.5) is 0 Å². The Hall–Kier alpha value is -1.35. The second-order valence-electron chi connectivity index (χ2n) is 7.84. The van der Waals surface area contributed by atoms with Gasteiger partial charge in [0.15, 0.2) is 0 Å². The van der Waals surface area contributed by atoms with E-state index >= 15 is 0 Å². The fraction of sp³-hybridized carbons (Fsp3) is 0.609. The summed E-state index contributed by atoms with van der Waals surface area (Å²) in [4.78, 5) is 12.3. The highest BCUT2D eigenvalue weighted by atomic mass is 28.3. The molecule has 0 saturated heterocycles. The van der Waals surface area contributed by atoms with Gasteiger partial charge in [-0.2, -0.15) is 0 Å². The lowest BCUT2D eigenvalue weighted by atomic mass is 9.97. The minimum atomic E-state index is -1.21. The zero-order valence-corrected chi connectivity index (χ0v) is 18.7. The molecule has 1 aromatic carbocycles. The number of carbonyl (C=O) groups excluding carboxylic acids is 1. The van der Waals surface area contributed by atoms with Gasteiger partial charge in [0.2, 0.25) is 0 Å². The molecule has 0 amide bonds. The van der Waals surface area contributed by atoms with Gasteiger partial charge in [-0.3, -0.25) is 4.79 Å². The molecule has 1 atom stereocenters. The average molecular weight is 375 g/mol. The first kappa shape index (κ1) is 22.7. The molecule has 0 aliphatic heterocycles. The molecule has 0 spiro atoms. The lowest BCUT2D eigenvalue weighted by Gasteiger charge is -2.23. The molecule has 1 aromatic rings. The molecule has 26 heavy (non-hydrogen) atoms. The Labute approximate surface area is 162 Å². The van der Waals surface area contributed by atoms with E-state index in [-0.39, 0.29) is 11.9 Å². The molecule has 3 heteroatoms. The van der Waals surface area contributed by atoms with Crippen molar-refractivity contribution in [2.45, 2.75) is 78.4 Å². The Bertz CT molecular complexity index is 548. The van der Waals surface area contributed by atoms with E-state index in [1.807, 2.05) is 6.92 Å². The van der Waals surface area contributed by atoms with Gasteiger partial charge in [0, 0.05) is 0 Å². The lowest BCUT2D eigenvalue weighted by molar-refractivity contribution is -0.144. The van der Waals surface area contributed by atoms with E-state index in [0.717, 1.165) is 18.4 Å². The minimum absolute atomic E-state index is 0.125. The highest BCUT2D eigenvalue weighted by Crippen LogP contribution is 2.22. The third-order valence-electron chi connectivity index (χ3n) is 5.59. The highest BCUT2D eigenvalue weighted by molar-refractivity contribution is 6.84. The number of benzene rings is 1. The molecule has 0 bridgehead atoms. The van der Waals surface area contributed by atoms with Crippen LogP contribution in [0.3, 0.4) is 0 Å². The van der Waals surface area contributed by atoms with Crippen LogP contribution in [0, 0.1) is 5.92 Å². The Morgan fingerprint density at radius 1 is 1.04 bits per heavy atom. The normalized spacial score (nSPS) is 13.3. The summed E-state index contributed by atoms with van der Waals surface area (Å²) < 4.78 is 5.49. The molecule has 2 nitrogen and oxygen atoms in total. The third kappa shape index (κ3) is 7.11. The lowest BCUT2D eigenvalue weighted by Crippen LogP contribution is -2.28. The summed E-state index contributed by atoms with van der Waals surface area (Å²) >= 11 is 0. The zero-order valence-electron chi connectivity index (χ0n) is 17.7. The summed E-state index contributed by atoms with van der Waals surface area (Å²) in [6.45, 7) is 13.8. The van der Waals surface area contributed by atoms with Crippen LogP contribution < -0.4 is 0 Å². The third-order valence-corrected chi connectivity index (χ3v) is 10.8. The maximum Gasteiger partial charge on any atom is 0.313 e. The Morgan fingerprint density at radius 3 is 2.12 bits per heavy atom. The van der Waals surface area contributed by atoms with E-state index in [9.17, 15) is 4.79 Å². The van der Waals surface area contributed by atoms with Crippen molar-refractivity contribution in [2.75, 3.05) is 6.61 Å². The predicted molar refractivity (Wildman–Crippen MR) is 115 cm³/mol. The molecule has 0 aromatic heterocycles. The van der Waals surface area contributed by atoms with Gasteiger partial charge >= 0.3 is 5.97 Å². The monoisotopic (exact) mass is 374 g/mol. The summed E-state index contributed by atoms with van der Waals surface area (Å²) in [5.74, 6) is 0.314. The van der Waals surface area contributed by atoms with E-state index in [1.54, 1.807) is 0 Å². The van der Waals surface area contributed by atoms with E-state index in [0.29, 0.717) is 12.5 Å². The quantitative estimate of drug-likeness (QED) is 0.250. The molecule has 1 unspecified atom stereocenters. The molecule has 0 aliphatic rings. The smallest absolute Gasteiger partial charge is 0.313 e. The molecule has 0 heterocycles. The first-order valence-corrected chi connectivity index (χ1v) is 13.0. The predicted octanol–water partition coefficient (Wildman–Crippen LogP) is 6.53. The van der Waals surface area contributed by atoms with Gasteiger partial charge in [-0.25, -0.2) is 0 Å². The number of esters is 1. The van der Waals surface area contributed by atoms with Crippen LogP contribution in [0.15, 0.2) is 36.0 Å². The molecule has 0 aliphatic carbocycles. The van der Waals surface area contributed by atoms with Crippen molar-refractivity contribution in [3.8, 4) is 0 Å². The molecule has 0 N–H and O–H groups in total. The second kappa shape index (κ2) is 11.4. The fourth-order valence-electron chi connectivity index (χ4n) is 3.34. The highest BCUT2D eigenvalue weighted by Gasteiger charge is 2.22. The van der Waals surface area contributed by atoms with E-state index in [4.69, 9.17) is 4.74 Å². The van der Waals surface area contributed by atoms with Crippen molar-refractivity contribution >= 4 is 14.0 Å². The number of ether oxygens (including phenoxy) is 1. The van der Waals surface area contributed by atoms with Gasteiger partial charge in [0.05, 0.1) is 20.6 Å². The zero-order chi connectivity index (χ0) is 19.6. The number of hydrogen-bond acceptors (Lipinski definition) is 2. The van der Waals surface area contributed by atoms with Gasteiger partial charge in [-0.1, -0.05) is 88.8 Å². The summed E-state index contributed by atoms with van der Waals surface area (Å²) in [6, 6.07) is 12.3. The molecule has 146 valence electrons. The largest absolute Gasteiger partial charge is 0.465 e. The van der Waals surface area contributed by atoms with Crippen molar-refractivity contribution in [3.05, 3.63) is 47.2 Å². The second-order valence-corrected chi connectivity index (χ2v) is 13.0. The summed E-state index contributed by atoms with van der Waals surface area (Å²) in [5, 5.41) is 0. The van der Waals surface area contributed by atoms with Crippen LogP contribution in [-0.4, -0.2) is 20.7 Å². The Kier molecular flexibility index (Phi) is 9.93. The Morgan fingerprint density at radius 2 is 1.62 bits per heavy atom. The van der Waals surface area contributed by atoms with Crippen molar-refractivity contribution in [1.29, 1.82) is 0 Å². The summed E-state index contributed by atoms with van der Waals surface area (Å²) in [5.41, 5.74) is 4.81. The van der Waals surface area contributed by atoms with E-state index in [1.165, 1.54) is 23.7 Å². The van der Waals surface area contributed by atoms with Crippen LogP contribution in [0.2, 0.25) is 18.1 Å². The average Bonchev–Trinajstić information content (AvgIpc) is 2.64. The first-order chi connectivity index (χ1) is 12.4. The van der Waals surface area contributed by atoms with Gasteiger partial charge in [0.25, 0.3) is 0 Å². The van der Waals surface area contributed by atoms with Gasteiger partial charge in [0.1, 0.15) is 0 Å². The summed E-state index contributed by atoms with van der Waals surface area (Å²) in [7, 11) is -1.21. The van der Waals surface area contributed by atoms with Crippen molar-refractivity contribution in [2.24, 2.45) is 5.92 Å². The standard InChI is InChI=1S/C23H38O2Si/c1-7-26(8-2,9-3)17-11-10-16-25-23(24)20(6)22-14-12-21(13-15-22)18-19(4)5/h11-15,17,19-20H,7-10,16,18H2,1-6H3/b17-11+. The van der Waals surface area contributed by atoms with Crippen molar-refractivity contribution < 1.29 is 9.53 Å². The molecular formula is C23H38O2Si. The maximum atomic E-state index is 12.3. The van der Waals surface area contributed by atoms with Crippen LogP contribution in [0.1, 0.15) is 65.0 Å². The number of rotatable bonds is 11. The van der Waals surface area contributed by atoms with E-state index < -0.39 is 8.07 Å². The van der Waals surface area contributed by atoms with Gasteiger partial charge < -0.3 is 4.74 Å². The van der Waals surface area contributed by atoms with Crippen LogP contribution >= 0.6 is 0 Å². The van der Waals surface area contributed by atoms with Gasteiger partial charge in [-0.05, 0) is 36.8 Å². The molecule has 0 radical (unpaired) electrons. The maximum absolute atomic E-state index is 12.3. The molecule has 1 rings (SSSR count). The number of hydrogen-bond donors (Lipinski definition) is 0. The van der Waals surface area contributed by atoms with Gasteiger partial charge in [-0.15, -0.1) is 0 Å². The molecular weight excluding hydrogens is 336 g/mol. The topological polar surface area (TPSA) is 26.3 Å². The van der Waals surface area contributed by atoms with Crippen molar-refractivity contribution in [3.63, 3.8) is 0 Å².